The van der Waals surface area contributed by atoms with Crippen molar-refractivity contribution in [2.75, 3.05) is 7.11 Å². The zero-order chi connectivity index (χ0) is 15.6. The molecule has 0 spiro atoms. The second-order valence-electron chi connectivity index (χ2n) is 4.49. The van der Waals surface area contributed by atoms with Crippen LogP contribution in [0, 0.1) is 0 Å². The summed E-state index contributed by atoms with van der Waals surface area (Å²) in [6.45, 7) is 1.94. The molecule has 0 fully saturated rings. The second-order valence-corrected chi connectivity index (χ2v) is 7.05. The Kier molecular flexibility index (Phi) is 5.71. The van der Waals surface area contributed by atoms with Gasteiger partial charge in [0.05, 0.1) is 16.1 Å². The van der Waals surface area contributed by atoms with Crippen LogP contribution >= 0.6 is 47.8 Å². The van der Waals surface area contributed by atoms with Crippen LogP contribution in [0.1, 0.15) is 18.5 Å². The smallest absolute Gasteiger partial charge is 0.143 e. The molecule has 0 unspecified atom stereocenters. The molecule has 0 aliphatic rings. The SMILES string of the molecule is COc1cc(Br)c(Oc2ccc([C@H](C)N)c(Br)c2)cc1Br. The standard InChI is InChI=1S/C15H14Br3NO2/c1-8(19)10-4-3-9(5-11(10)16)21-15-7-12(17)14(20-2)6-13(15)18/h3-8H,19H2,1-2H3/t8-/m0/s1. The number of benzene rings is 2. The average molecular weight is 480 g/mol. The highest BCUT2D eigenvalue weighted by molar-refractivity contribution is 9.11. The third kappa shape index (κ3) is 4.00. The molecule has 0 aliphatic carbocycles. The molecule has 0 amide bonds. The molecule has 6 heteroatoms. The fourth-order valence-electron chi connectivity index (χ4n) is 1.81. The fourth-order valence-corrected chi connectivity index (χ4v) is 3.42. The Hall–Kier alpha value is -0.560. The van der Waals surface area contributed by atoms with Crippen LogP contribution in [0.15, 0.2) is 43.7 Å². The molecule has 0 radical (unpaired) electrons. The lowest BCUT2D eigenvalue weighted by Crippen LogP contribution is -2.05. The van der Waals surface area contributed by atoms with Crippen molar-refractivity contribution in [3.8, 4) is 17.2 Å². The van der Waals surface area contributed by atoms with E-state index < -0.39 is 0 Å². The number of methoxy groups -OCH3 is 1. The van der Waals surface area contributed by atoms with E-state index in [1.54, 1.807) is 7.11 Å². The molecule has 2 aromatic carbocycles. The Morgan fingerprint density at radius 3 is 2.14 bits per heavy atom. The third-order valence-electron chi connectivity index (χ3n) is 2.90. The maximum atomic E-state index is 5.90. The van der Waals surface area contributed by atoms with Gasteiger partial charge >= 0.3 is 0 Å². The van der Waals surface area contributed by atoms with E-state index in [9.17, 15) is 0 Å². The number of hydrogen-bond acceptors (Lipinski definition) is 3. The van der Waals surface area contributed by atoms with Crippen molar-refractivity contribution in [1.29, 1.82) is 0 Å². The van der Waals surface area contributed by atoms with Crippen LogP contribution in [0.3, 0.4) is 0 Å². The van der Waals surface area contributed by atoms with E-state index in [2.05, 4.69) is 47.8 Å². The van der Waals surface area contributed by atoms with Gasteiger partial charge < -0.3 is 15.2 Å². The van der Waals surface area contributed by atoms with Crippen molar-refractivity contribution >= 4 is 47.8 Å². The Balaban J connectivity index is 2.30. The van der Waals surface area contributed by atoms with Crippen LogP contribution in [0.2, 0.25) is 0 Å². The Morgan fingerprint density at radius 1 is 0.952 bits per heavy atom. The van der Waals surface area contributed by atoms with E-state index in [0.717, 1.165) is 30.5 Å². The van der Waals surface area contributed by atoms with Crippen LogP contribution in [0.25, 0.3) is 0 Å². The summed E-state index contributed by atoms with van der Waals surface area (Å²) in [5.74, 6) is 2.16. The molecule has 2 rings (SSSR count). The number of halogens is 3. The number of nitrogens with two attached hydrogens (primary N) is 1. The van der Waals surface area contributed by atoms with E-state index in [1.165, 1.54) is 0 Å². The molecule has 112 valence electrons. The zero-order valence-corrected chi connectivity index (χ0v) is 16.2. The second kappa shape index (κ2) is 7.13. The van der Waals surface area contributed by atoms with E-state index in [-0.39, 0.29) is 6.04 Å². The van der Waals surface area contributed by atoms with Crippen molar-refractivity contribution < 1.29 is 9.47 Å². The van der Waals surface area contributed by atoms with Crippen molar-refractivity contribution in [1.82, 2.24) is 0 Å². The van der Waals surface area contributed by atoms with Gasteiger partial charge in [-0.15, -0.1) is 0 Å². The largest absolute Gasteiger partial charge is 0.496 e. The molecular formula is C15H14Br3NO2. The van der Waals surface area contributed by atoms with Crippen LogP contribution in [-0.4, -0.2) is 7.11 Å². The zero-order valence-electron chi connectivity index (χ0n) is 11.5. The highest BCUT2D eigenvalue weighted by atomic mass is 79.9. The minimum absolute atomic E-state index is 0.0321. The van der Waals surface area contributed by atoms with Gasteiger partial charge in [0, 0.05) is 10.5 Å². The molecule has 0 aliphatic heterocycles. The maximum absolute atomic E-state index is 5.90. The molecule has 0 aromatic heterocycles. The molecule has 3 nitrogen and oxygen atoms in total. The lowest BCUT2D eigenvalue weighted by Gasteiger charge is -2.13. The molecule has 2 aromatic rings. The van der Waals surface area contributed by atoms with Gasteiger partial charge in [-0.05, 0) is 68.6 Å². The molecule has 21 heavy (non-hydrogen) atoms. The predicted octanol–water partition coefficient (Wildman–Crippen LogP) is 5.79. The van der Waals surface area contributed by atoms with Gasteiger partial charge in [0.2, 0.25) is 0 Å². The van der Waals surface area contributed by atoms with Crippen LogP contribution in [-0.2, 0) is 0 Å². The molecule has 1 atom stereocenters. The Labute approximate surface area is 149 Å². The Bertz CT molecular complexity index is 660. The summed E-state index contributed by atoms with van der Waals surface area (Å²) in [6, 6.07) is 9.44. The quantitative estimate of drug-likeness (QED) is 0.603. The number of rotatable bonds is 4. The van der Waals surface area contributed by atoms with E-state index in [1.807, 2.05) is 37.3 Å². The fraction of sp³-hybridized carbons (Fsp3) is 0.200. The monoisotopic (exact) mass is 477 g/mol. The highest BCUT2D eigenvalue weighted by Crippen LogP contribution is 2.39. The summed E-state index contributed by atoms with van der Waals surface area (Å²) in [7, 11) is 1.62. The first kappa shape index (κ1) is 16.8. The van der Waals surface area contributed by atoms with Crippen molar-refractivity contribution in [2.24, 2.45) is 5.73 Å². The number of ether oxygens (including phenoxy) is 2. The van der Waals surface area contributed by atoms with Gasteiger partial charge in [-0.2, -0.15) is 0 Å². The molecule has 2 N–H and O–H groups in total. The highest BCUT2D eigenvalue weighted by Gasteiger charge is 2.11. The molecule has 0 saturated heterocycles. The van der Waals surface area contributed by atoms with Crippen molar-refractivity contribution in [2.45, 2.75) is 13.0 Å². The summed E-state index contributed by atoms with van der Waals surface area (Å²) >= 11 is 10.4. The van der Waals surface area contributed by atoms with Gasteiger partial charge in [0.1, 0.15) is 17.2 Å². The summed E-state index contributed by atoms with van der Waals surface area (Å²) in [5.41, 5.74) is 6.93. The van der Waals surface area contributed by atoms with Crippen LogP contribution in [0.5, 0.6) is 17.2 Å². The van der Waals surface area contributed by atoms with Crippen LogP contribution < -0.4 is 15.2 Å². The molecule has 0 bridgehead atoms. The first-order chi connectivity index (χ1) is 9.92. The first-order valence-electron chi connectivity index (χ1n) is 6.18. The van der Waals surface area contributed by atoms with Gasteiger partial charge in [-0.1, -0.05) is 22.0 Å². The van der Waals surface area contributed by atoms with E-state index in [4.69, 9.17) is 15.2 Å². The molecule has 0 saturated carbocycles. The maximum Gasteiger partial charge on any atom is 0.143 e. The summed E-state index contributed by atoms with van der Waals surface area (Å²) < 4.78 is 13.7. The van der Waals surface area contributed by atoms with Gasteiger partial charge in [-0.25, -0.2) is 0 Å². The van der Waals surface area contributed by atoms with Gasteiger partial charge in [0.15, 0.2) is 0 Å². The summed E-state index contributed by atoms with van der Waals surface area (Å²) in [4.78, 5) is 0. The average Bonchev–Trinajstić information content (AvgIpc) is 2.42. The topological polar surface area (TPSA) is 44.5 Å². The molecular weight excluding hydrogens is 466 g/mol. The third-order valence-corrected chi connectivity index (χ3v) is 4.82. The minimum atomic E-state index is -0.0321. The number of hydrogen-bond donors (Lipinski definition) is 1. The summed E-state index contributed by atoms with van der Waals surface area (Å²) in [5, 5.41) is 0. The van der Waals surface area contributed by atoms with Crippen molar-refractivity contribution in [3.05, 3.63) is 49.3 Å². The molecule has 0 heterocycles. The lowest BCUT2D eigenvalue weighted by molar-refractivity contribution is 0.409. The van der Waals surface area contributed by atoms with Gasteiger partial charge in [0.25, 0.3) is 0 Å². The lowest BCUT2D eigenvalue weighted by atomic mass is 10.1. The predicted molar refractivity (Wildman–Crippen MR) is 95.2 cm³/mol. The first-order valence-corrected chi connectivity index (χ1v) is 8.56. The summed E-state index contributed by atoms with van der Waals surface area (Å²) in [6.07, 6.45) is 0. The van der Waals surface area contributed by atoms with Crippen LogP contribution in [0.4, 0.5) is 0 Å². The Morgan fingerprint density at radius 2 is 1.57 bits per heavy atom. The van der Waals surface area contributed by atoms with E-state index in [0.29, 0.717) is 5.75 Å². The minimum Gasteiger partial charge on any atom is -0.496 e. The van der Waals surface area contributed by atoms with Crippen molar-refractivity contribution in [3.63, 3.8) is 0 Å². The van der Waals surface area contributed by atoms with Gasteiger partial charge in [-0.3, -0.25) is 0 Å². The normalized spacial score (nSPS) is 12.1. The van der Waals surface area contributed by atoms with E-state index >= 15 is 0 Å².